The summed E-state index contributed by atoms with van der Waals surface area (Å²) in [7, 11) is 1.98. The molecule has 2 aromatic rings. The van der Waals surface area contributed by atoms with Crippen LogP contribution >= 0.6 is 0 Å². The molecular weight excluding hydrogens is 236 g/mol. The molecule has 0 radical (unpaired) electrons. The summed E-state index contributed by atoms with van der Waals surface area (Å²) in [6.07, 6.45) is 2.65. The first-order chi connectivity index (χ1) is 8.95. The smallest absolute Gasteiger partial charge is 0.111 e. The lowest BCUT2D eigenvalue weighted by atomic mass is 9.93. The first-order valence-electron chi connectivity index (χ1n) is 6.66. The fourth-order valence-electron chi connectivity index (χ4n) is 2.56. The quantitative estimate of drug-likeness (QED) is 0.919. The molecule has 0 aliphatic carbocycles. The summed E-state index contributed by atoms with van der Waals surface area (Å²) in [6.45, 7) is 8.72. The van der Waals surface area contributed by atoms with Crippen LogP contribution in [-0.2, 0) is 13.5 Å². The van der Waals surface area contributed by atoms with Crippen LogP contribution in [0.1, 0.15) is 28.1 Å². The summed E-state index contributed by atoms with van der Waals surface area (Å²) in [6, 6.07) is 2.23. The number of aryl methyl sites for hydroxylation is 3. The Hall–Kier alpha value is -1.61. The normalized spacial score (nSPS) is 11.1. The Labute approximate surface area is 114 Å². The van der Waals surface area contributed by atoms with E-state index in [1.165, 1.54) is 27.8 Å². The molecule has 0 bridgehead atoms. The van der Waals surface area contributed by atoms with E-state index < -0.39 is 0 Å². The molecule has 1 N–H and O–H groups in total. The molecule has 3 heteroatoms. The highest BCUT2D eigenvalue weighted by molar-refractivity contribution is 5.70. The SMILES string of the molecule is Cc1cc(C)c(C)c(-c2cn(C)c(CCO)n2)c1C. The van der Waals surface area contributed by atoms with E-state index in [0.29, 0.717) is 6.42 Å². The van der Waals surface area contributed by atoms with Gasteiger partial charge in [0.05, 0.1) is 12.3 Å². The van der Waals surface area contributed by atoms with Gasteiger partial charge in [-0.1, -0.05) is 6.07 Å². The molecular formula is C16H22N2O. The van der Waals surface area contributed by atoms with E-state index in [-0.39, 0.29) is 6.61 Å². The van der Waals surface area contributed by atoms with Crippen molar-refractivity contribution in [2.24, 2.45) is 7.05 Å². The number of hydrogen-bond acceptors (Lipinski definition) is 2. The third-order valence-corrected chi connectivity index (χ3v) is 3.93. The molecule has 102 valence electrons. The lowest BCUT2D eigenvalue weighted by Crippen LogP contribution is -1.99. The Morgan fingerprint density at radius 1 is 1.11 bits per heavy atom. The summed E-state index contributed by atoms with van der Waals surface area (Å²) in [5, 5.41) is 9.07. The first kappa shape index (κ1) is 13.8. The van der Waals surface area contributed by atoms with E-state index >= 15 is 0 Å². The zero-order chi connectivity index (χ0) is 14.2. The van der Waals surface area contributed by atoms with Crippen molar-refractivity contribution in [3.8, 4) is 11.3 Å². The van der Waals surface area contributed by atoms with Gasteiger partial charge in [-0.15, -0.1) is 0 Å². The fourth-order valence-corrected chi connectivity index (χ4v) is 2.56. The van der Waals surface area contributed by atoms with Crippen LogP contribution in [0, 0.1) is 27.7 Å². The van der Waals surface area contributed by atoms with Crippen molar-refractivity contribution in [2.75, 3.05) is 6.61 Å². The van der Waals surface area contributed by atoms with Crippen LogP contribution in [0.25, 0.3) is 11.3 Å². The van der Waals surface area contributed by atoms with Crippen LogP contribution in [-0.4, -0.2) is 21.3 Å². The highest BCUT2D eigenvalue weighted by Crippen LogP contribution is 2.30. The second-order valence-electron chi connectivity index (χ2n) is 5.26. The second-order valence-corrected chi connectivity index (χ2v) is 5.26. The van der Waals surface area contributed by atoms with Gasteiger partial charge in [-0.3, -0.25) is 0 Å². The molecule has 2 rings (SSSR count). The van der Waals surface area contributed by atoms with Gasteiger partial charge in [-0.2, -0.15) is 0 Å². The molecule has 19 heavy (non-hydrogen) atoms. The van der Waals surface area contributed by atoms with Crippen molar-refractivity contribution in [2.45, 2.75) is 34.1 Å². The molecule has 1 heterocycles. The van der Waals surface area contributed by atoms with Gasteiger partial charge in [0.15, 0.2) is 0 Å². The van der Waals surface area contributed by atoms with E-state index in [4.69, 9.17) is 5.11 Å². The van der Waals surface area contributed by atoms with Crippen molar-refractivity contribution in [3.63, 3.8) is 0 Å². The molecule has 0 unspecified atom stereocenters. The van der Waals surface area contributed by atoms with Crippen LogP contribution in [0.5, 0.6) is 0 Å². The third kappa shape index (κ3) is 2.43. The topological polar surface area (TPSA) is 38.0 Å². The number of aromatic nitrogens is 2. The minimum absolute atomic E-state index is 0.134. The van der Waals surface area contributed by atoms with E-state index in [0.717, 1.165) is 11.5 Å². The van der Waals surface area contributed by atoms with E-state index in [1.807, 2.05) is 11.6 Å². The molecule has 0 aliphatic heterocycles. The summed E-state index contributed by atoms with van der Waals surface area (Å²) < 4.78 is 2.00. The van der Waals surface area contributed by atoms with Gasteiger partial charge < -0.3 is 9.67 Å². The van der Waals surface area contributed by atoms with Crippen molar-refractivity contribution >= 4 is 0 Å². The van der Waals surface area contributed by atoms with Crippen LogP contribution in [0.4, 0.5) is 0 Å². The maximum Gasteiger partial charge on any atom is 0.111 e. The average Bonchev–Trinajstić information content (AvgIpc) is 2.69. The highest BCUT2D eigenvalue weighted by Gasteiger charge is 2.14. The van der Waals surface area contributed by atoms with Crippen molar-refractivity contribution in [3.05, 3.63) is 40.3 Å². The van der Waals surface area contributed by atoms with E-state index in [2.05, 4.69) is 44.9 Å². The Morgan fingerprint density at radius 2 is 1.68 bits per heavy atom. The highest BCUT2D eigenvalue weighted by atomic mass is 16.3. The zero-order valence-electron chi connectivity index (χ0n) is 12.4. The van der Waals surface area contributed by atoms with E-state index in [1.54, 1.807) is 0 Å². The maximum absolute atomic E-state index is 9.07. The molecule has 0 fully saturated rings. The number of nitrogens with zero attached hydrogens (tertiary/aromatic N) is 2. The van der Waals surface area contributed by atoms with Crippen LogP contribution in [0.2, 0.25) is 0 Å². The van der Waals surface area contributed by atoms with Crippen LogP contribution in [0.3, 0.4) is 0 Å². The van der Waals surface area contributed by atoms with Crippen LogP contribution in [0.15, 0.2) is 12.3 Å². The molecule has 0 amide bonds. The predicted molar refractivity (Wildman–Crippen MR) is 78.4 cm³/mol. The minimum Gasteiger partial charge on any atom is -0.396 e. The monoisotopic (exact) mass is 258 g/mol. The van der Waals surface area contributed by atoms with Crippen molar-refractivity contribution in [1.29, 1.82) is 0 Å². The predicted octanol–water partition coefficient (Wildman–Crippen LogP) is 2.86. The standard InChI is InChI=1S/C16H22N2O/c1-10-8-11(2)13(4)16(12(10)3)14-9-18(5)15(17-14)6-7-19/h8-9,19H,6-7H2,1-5H3. The number of imidazole rings is 1. The van der Waals surface area contributed by atoms with Gasteiger partial charge >= 0.3 is 0 Å². The molecule has 0 aliphatic rings. The lowest BCUT2D eigenvalue weighted by molar-refractivity contribution is 0.295. The summed E-state index contributed by atoms with van der Waals surface area (Å²) in [4.78, 5) is 4.68. The first-order valence-corrected chi connectivity index (χ1v) is 6.66. The molecule has 3 nitrogen and oxygen atoms in total. The lowest BCUT2D eigenvalue weighted by Gasteiger charge is -2.13. The summed E-state index contributed by atoms with van der Waals surface area (Å²) in [5.74, 6) is 0.926. The number of aliphatic hydroxyl groups excluding tert-OH is 1. The number of hydrogen-bond donors (Lipinski definition) is 1. The molecule has 0 saturated heterocycles. The molecule has 1 aromatic carbocycles. The largest absolute Gasteiger partial charge is 0.396 e. The van der Waals surface area contributed by atoms with Crippen LogP contribution < -0.4 is 0 Å². The van der Waals surface area contributed by atoms with Gasteiger partial charge in [0.1, 0.15) is 5.82 Å². The fraction of sp³-hybridized carbons (Fsp3) is 0.438. The third-order valence-electron chi connectivity index (χ3n) is 3.93. The van der Waals surface area contributed by atoms with Gasteiger partial charge in [-0.25, -0.2) is 4.98 Å². The molecule has 0 spiro atoms. The number of aliphatic hydroxyl groups is 1. The maximum atomic E-state index is 9.07. The van der Waals surface area contributed by atoms with Crippen molar-refractivity contribution < 1.29 is 5.11 Å². The van der Waals surface area contributed by atoms with Gasteiger partial charge in [0.2, 0.25) is 0 Å². The summed E-state index contributed by atoms with van der Waals surface area (Å²) in [5.41, 5.74) is 7.42. The molecule has 1 aromatic heterocycles. The van der Waals surface area contributed by atoms with Crippen molar-refractivity contribution in [1.82, 2.24) is 9.55 Å². The van der Waals surface area contributed by atoms with Gasteiger partial charge in [0, 0.05) is 25.2 Å². The zero-order valence-corrected chi connectivity index (χ0v) is 12.4. The number of benzene rings is 1. The Morgan fingerprint density at radius 3 is 2.21 bits per heavy atom. The minimum atomic E-state index is 0.134. The Balaban J connectivity index is 2.62. The average molecular weight is 258 g/mol. The van der Waals surface area contributed by atoms with Gasteiger partial charge in [0.25, 0.3) is 0 Å². The second kappa shape index (κ2) is 5.17. The van der Waals surface area contributed by atoms with E-state index in [9.17, 15) is 0 Å². The number of rotatable bonds is 3. The molecule has 0 atom stereocenters. The van der Waals surface area contributed by atoms with Gasteiger partial charge in [-0.05, 0) is 49.9 Å². The molecule has 0 saturated carbocycles. The Bertz CT molecular complexity index is 585. The Kier molecular flexibility index (Phi) is 3.76. The summed E-state index contributed by atoms with van der Waals surface area (Å²) >= 11 is 0.